The molecule has 0 saturated heterocycles. The summed E-state index contributed by atoms with van der Waals surface area (Å²) in [5.74, 6) is 0. The van der Waals surface area contributed by atoms with Gasteiger partial charge in [-0.2, -0.15) is 0 Å². The van der Waals surface area contributed by atoms with E-state index in [2.05, 4.69) is 18.1 Å². The summed E-state index contributed by atoms with van der Waals surface area (Å²) in [5, 5.41) is 19.8. The van der Waals surface area contributed by atoms with E-state index in [9.17, 15) is 67.6 Å². The second kappa shape index (κ2) is 23.5. The second-order valence-electron chi connectivity index (χ2n) is 5.05. The molecule has 0 aromatic heterocycles. The maximum atomic E-state index is 10.7. The molecule has 30 heteroatoms. The van der Waals surface area contributed by atoms with Crippen molar-refractivity contribution in [1.29, 1.82) is 0 Å². The van der Waals surface area contributed by atoms with Crippen molar-refractivity contribution in [1.82, 2.24) is 0 Å². The van der Waals surface area contributed by atoms with E-state index in [1.54, 1.807) is 0 Å². The van der Waals surface area contributed by atoms with E-state index >= 15 is 0 Å². The molecule has 36 heavy (non-hydrogen) atoms. The van der Waals surface area contributed by atoms with Gasteiger partial charge >= 0.3 is 151 Å². The predicted molar refractivity (Wildman–Crippen MR) is 61.9 cm³/mol. The summed E-state index contributed by atoms with van der Waals surface area (Å²) in [6.07, 6.45) is -17.6. The monoisotopic (exact) mass is 548 g/mol. The average Bonchev–Trinajstić information content (AvgIpc) is 2.39. The van der Waals surface area contributed by atoms with Crippen molar-refractivity contribution in [3.05, 3.63) is 0 Å². The van der Waals surface area contributed by atoms with Gasteiger partial charge in [0.1, 0.15) is 36.6 Å². The van der Waals surface area contributed by atoms with E-state index in [0.29, 0.717) is 0 Å². The first kappa shape index (κ1) is 60.4. The Morgan fingerprint density at radius 1 is 0.389 bits per heavy atom. The van der Waals surface area contributed by atoms with E-state index in [1.807, 2.05) is 0 Å². The van der Waals surface area contributed by atoms with Gasteiger partial charge in [0.05, 0.1) is 31.3 Å². The van der Waals surface area contributed by atoms with E-state index in [0.717, 1.165) is 0 Å². The van der Waals surface area contributed by atoms with Crippen LogP contribution in [0.4, 0.5) is 0 Å². The van der Waals surface area contributed by atoms with Crippen LogP contribution < -0.4 is 190 Å². The normalized spacial score (nSPS) is 25.7. The summed E-state index contributed by atoms with van der Waals surface area (Å²) < 4.78 is 57.8. The van der Waals surface area contributed by atoms with E-state index < -0.39 is 67.9 Å². The molecule has 1 fully saturated rings. The average molecular weight is 548 g/mol. The first-order chi connectivity index (χ1) is 12.2. The van der Waals surface area contributed by atoms with Gasteiger partial charge in [-0.3, -0.25) is 0 Å². The van der Waals surface area contributed by atoms with Crippen molar-refractivity contribution in [2.75, 3.05) is 0 Å². The minimum absolute atomic E-state index is 0. The van der Waals surface area contributed by atoms with Gasteiger partial charge in [-0.05, 0) is 0 Å². The van der Waals surface area contributed by atoms with E-state index in [4.69, 9.17) is 0 Å². The van der Waals surface area contributed by atoms with Gasteiger partial charge in [-0.15, -0.1) is 0 Å². The molecule has 1 saturated carbocycles. The fourth-order valence-electron chi connectivity index (χ4n) is 2.24. The van der Waals surface area contributed by atoms with Gasteiger partial charge in [-0.1, -0.05) is 0 Å². The SMILES string of the molecule is O=P([O-])([O-])O[C@@H]1C(O)[C@H](OP(=O)([O-])[O-])[C@@H](OP(=O)([O-])[O-])C(O)[C@@H]1OP(=O)([O-])[O-].[Li+].[Li+].[Li+].[Li+].[Li+].[Li+].[Li+].[Li+]. The number of phosphoric ester groups is 4. The Morgan fingerprint density at radius 3 is 0.583 bits per heavy atom. The summed E-state index contributed by atoms with van der Waals surface area (Å²) in [5.41, 5.74) is 0. The third-order valence-corrected chi connectivity index (χ3v) is 5.00. The first-order valence-electron chi connectivity index (χ1n) is 6.38. The Labute approximate surface area is 301 Å². The fourth-order valence-corrected chi connectivity index (χ4v) is 4.41. The van der Waals surface area contributed by atoms with Gasteiger partial charge in [0, 0.05) is 0 Å². The van der Waals surface area contributed by atoms with Crippen LogP contribution in [0.2, 0.25) is 0 Å². The molecular formula is C6H8Li8O18P4. The number of rotatable bonds is 8. The molecule has 1 rings (SSSR count). The van der Waals surface area contributed by atoms with Gasteiger partial charge in [0.2, 0.25) is 0 Å². The fraction of sp³-hybridized carbons (Fsp3) is 1.00. The Bertz CT molecular complexity index is 632. The molecule has 6 atom stereocenters. The molecule has 1 aliphatic rings. The number of hydrogen-bond acceptors (Lipinski definition) is 18. The van der Waals surface area contributed by atoms with Crippen LogP contribution in [-0.4, -0.2) is 46.8 Å². The van der Waals surface area contributed by atoms with E-state index in [1.165, 1.54) is 0 Å². The van der Waals surface area contributed by atoms with Crippen molar-refractivity contribution in [2.24, 2.45) is 0 Å². The molecule has 0 amide bonds. The predicted octanol–water partition coefficient (Wildman–Crippen LogP) is -32.4. The Hall–Kier alpha value is 5.14. The smallest absolute Gasteiger partial charge is 0.790 e. The largest absolute Gasteiger partial charge is 1.00 e. The molecule has 0 spiro atoms. The molecule has 0 radical (unpaired) electrons. The third kappa shape index (κ3) is 23.6. The second-order valence-corrected chi connectivity index (χ2v) is 9.47. The summed E-state index contributed by atoms with van der Waals surface area (Å²) in [6, 6.07) is 0. The van der Waals surface area contributed by atoms with Crippen molar-refractivity contribution < 1.29 is 237 Å². The Morgan fingerprint density at radius 2 is 0.500 bits per heavy atom. The molecule has 0 bridgehead atoms. The topological polar surface area (TPSA) is 330 Å². The van der Waals surface area contributed by atoms with Crippen molar-refractivity contribution in [3.63, 3.8) is 0 Å². The maximum absolute atomic E-state index is 10.7. The van der Waals surface area contributed by atoms with Crippen LogP contribution in [-0.2, 0) is 36.4 Å². The van der Waals surface area contributed by atoms with Crippen LogP contribution in [0.3, 0.4) is 0 Å². The summed E-state index contributed by atoms with van der Waals surface area (Å²) in [7, 11) is -24.7. The quantitative estimate of drug-likeness (QED) is 0.210. The van der Waals surface area contributed by atoms with Crippen molar-refractivity contribution in [3.8, 4) is 0 Å². The van der Waals surface area contributed by atoms with Gasteiger partial charge in [-0.25, -0.2) is 0 Å². The molecule has 2 N–H and O–H groups in total. The first-order valence-corrected chi connectivity index (χ1v) is 12.2. The Kier molecular flexibility index (Phi) is 39.4. The molecule has 0 aliphatic heterocycles. The molecule has 18 nitrogen and oxygen atoms in total. The molecule has 1 aliphatic carbocycles. The molecular weight excluding hydrogens is 539 g/mol. The number of hydrogen-bond donors (Lipinski definition) is 2. The zero-order valence-corrected chi connectivity index (χ0v) is 24.3. The van der Waals surface area contributed by atoms with Crippen molar-refractivity contribution >= 4 is 31.3 Å². The van der Waals surface area contributed by atoms with Crippen LogP contribution >= 0.6 is 31.3 Å². The standard InChI is InChI=1S/C6H16O18P4.8Li/c7-1-3(21-25(9,10)11)5(23-27(15,16)17)2(8)6(24-28(18,19)20)4(1)22-26(12,13)14;;;;;;;;/h1-8H,(H2,9,10,11)(H2,12,13,14)(H2,15,16,17)(H2,18,19,20);;;;;;;;/q;8*+1/p-8/t1?,2?,3-,4-,5-,6+;;;;;;;;/m0......../s1. The summed E-state index contributed by atoms with van der Waals surface area (Å²) in [4.78, 5) is 86.0. The molecule has 2 unspecified atom stereocenters. The van der Waals surface area contributed by atoms with Gasteiger partial charge < -0.3 is 85.7 Å². The minimum Gasteiger partial charge on any atom is -0.790 e. The number of phosphoric acid groups is 4. The van der Waals surface area contributed by atoms with Crippen molar-refractivity contribution in [2.45, 2.75) is 36.6 Å². The number of aliphatic hydroxyl groups excluding tert-OH is 2. The molecule has 0 heterocycles. The number of aliphatic hydroxyl groups is 2. The third-order valence-electron chi connectivity index (χ3n) is 3.00. The summed E-state index contributed by atoms with van der Waals surface area (Å²) >= 11 is 0. The molecule has 0 aromatic carbocycles. The zero-order valence-electron chi connectivity index (χ0n) is 20.7. The van der Waals surface area contributed by atoms with Gasteiger partial charge in [0.15, 0.2) is 0 Å². The zero-order chi connectivity index (χ0) is 22.3. The van der Waals surface area contributed by atoms with E-state index in [-0.39, 0.29) is 151 Å². The Balaban J connectivity index is -0.000000163. The van der Waals surface area contributed by atoms with Crippen LogP contribution in [0.25, 0.3) is 0 Å². The van der Waals surface area contributed by atoms with Crippen LogP contribution in [0.15, 0.2) is 0 Å². The summed E-state index contributed by atoms with van der Waals surface area (Å²) in [6.45, 7) is 0. The molecule has 168 valence electrons. The van der Waals surface area contributed by atoms with Crippen LogP contribution in [0.1, 0.15) is 0 Å². The van der Waals surface area contributed by atoms with Crippen LogP contribution in [0.5, 0.6) is 0 Å². The molecule has 0 aromatic rings. The minimum atomic E-state index is -6.18. The van der Waals surface area contributed by atoms with Crippen LogP contribution in [0, 0.1) is 0 Å². The van der Waals surface area contributed by atoms with Gasteiger partial charge in [0.25, 0.3) is 0 Å². The maximum Gasteiger partial charge on any atom is 1.00 e.